The van der Waals surface area contributed by atoms with Crippen molar-refractivity contribution in [1.82, 2.24) is 9.97 Å². The molecule has 1 aromatic rings. The van der Waals surface area contributed by atoms with E-state index in [-0.39, 0.29) is 5.38 Å². The summed E-state index contributed by atoms with van der Waals surface area (Å²) < 4.78 is 12.5. The summed E-state index contributed by atoms with van der Waals surface area (Å²) in [5, 5.41) is 0.161. The van der Waals surface area contributed by atoms with Crippen molar-refractivity contribution in [1.29, 1.82) is 0 Å². The van der Waals surface area contributed by atoms with Crippen LogP contribution >= 0.6 is 11.6 Å². The first-order valence-corrected chi connectivity index (χ1v) is 4.56. The van der Waals surface area contributed by atoms with Crippen molar-refractivity contribution in [3.05, 3.63) is 18.2 Å². The minimum atomic E-state index is -0.412. The van der Waals surface area contributed by atoms with Crippen LogP contribution in [0.25, 0.3) is 0 Å². The van der Waals surface area contributed by atoms with Crippen molar-refractivity contribution in [2.24, 2.45) is 0 Å². The first-order chi connectivity index (χ1) is 6.25. The molecule has 1 aliphatic heterocycles. The van der Waals surface area contributed by atoms with Crippen molar-refractivity contribution >= 4 is 17.5 Å². The molecule has 5 heteroatoms. The quantitative estimate of drug-likeness (QED) is 0.644. The zero-order valence-electron chi connectivity index (χ0n) is 6.95. The molecule has 0 aromatic carbocycles. The smallest absolute Gasteiger partial charge is 0.225 e. The summed E-state index contributed by atoms with van der Waals surface area (Å²) in [6.45, 7) is 1.59. The van der Waals surface area contributed by atoms with Gasteiger partial charge in [-0.2, -0.15) is 0 Å². The zero-order chi connectivity index (χ0) is 9.26. The molecule has 1 aromatic heterocycles. The van der Waals surface area contributed by atoms with Gasteiger partial charge in [0.05, 0.1) is 17.8 Å². The molecule has 3 nitrogen and oxygen atoms in total. The van der Waals surface area contributed by atoms with E-state index in [1.165, 1.54) is 12.4 Å². The fraction of sp³-hybridized carbons (Fsp3) is 0.500. The molecule has 1 atom stereocenters. The lowest BCUT2D eigenvalue weighted by Crippen LogP contribution is -2.22. The molecule has 0 spiro atoms. The van der Waals surface area contributed by atoms with Crippen LogP contribution in [0, 0.1) is 5.82 Å². The van der Waals surface area contributed by atoms with Crippen LogP contribution in [0.1, 0.15) is 6.42 Å². The second-order valence-corrected chi connectivity index (χ2v) is 3.65. The second-order valence-electron chi connectivity index (χ2n) is 3.03. The third-order valence-corrected chi connectivity index (χ3v) is 2.38. The number of aromatic nitrogens is 2. The molecule has 1 aliphatic rings. The number of alkyl halides is 1. The van der Waals surface area contributed by atoms with Crippen LogP contribution in [0.3, 0.4) is 0 Å². The average Bonchev–Trinajstić information content (AvgIpc) is 2.53. The summed E-state index contributed by atoms with van der Waals surface area (Å²) in [5.41, 5.74) is 0. The number of halogens is 2. The predicted molar refractivity (Wildman–Crippen MR) is 48.5 cm³/mol. The van der Waals surface area contributed by atoms with Gasteiger partial charge in [-0.1, -0.05) is 0 Å². The highest BCUT2D eigenvalue weighted by atomic mass is 35.5. The molecule has 0 N–H and O–H groups in total. The van der Waals surface area contributed by atoms with E-state index in [0.29, 0.717) is 5.95 Å². The van der Waals surface area contributed by atoms with E-state index in [9.17, 15) is 4.39 Å². The van der Waals surface area contributed by atoms with Gasteiger partial charge in [-0.25, -0.2) is 14.4 Å². The summed E-state index contributed by atoms with van der Waals surface area (Å²) in [6, 6.07) is 0. The zero-order valence-corrected chi connectivity index (χ0v) is 7.71. The average molecular weight is 202 g/mol. The van der Waals surface area contributed by atoms with E-state index in [2.05, 4.69) is 9.97 Å². The fourth-order valence-corrected chi connectivity index (χ4v) is 1.63. The molecule has 1 saturated heterocycles. The van der Waals surface area contributed by atoms with E-state index in [1.54, 1.807) is 0 Å². The summed E-state index contributed by atoms with van der Waals surface area (Å²) in [6.07, 6.45) is 3.27. The highest BCUT2D eigenvalue weighted by Gasteiger charge is 2.22. The Balaban J connectivity index is 2.13. The molecule has 70 valence electrons. The van der Waals surface area contributed by atoms with E-state index in [0.717, 1.165) is 19.5 Å². The maximum atomic E-state index is 12.5. The minimum Gasteiger partial charge on any atom is -0.339 e. The van der Waals surface area contributed by atoms with Crippen LogP contribution in [-0.4, -0.2) is 28.4 Å². The van der Waals surface area contributed by atoms with Crippen LogP contribution < -0.4 is 4.90 Å². The number of hydrogen-bond donors (Lipinski definition) is 0. The Morgan fingerprint density at radius 1 is 1.46 bits per heavy atom. The molecule has 0 saturated carbocycles. The van der Waals surface area contributed by atoms with Crippen molar-refractivity contribution in [3.63, 3.8) is 0 Å². The first kappa shape index (κ1) is 8.69. The van der Waals surface area contributed by atoms with Gasteiger partial charge in [0.1, 0.15) is 0 Å². The van der Waals surface area contributed by atoms with Crippen molar-refractivity contribution in [2.75, 3.05) is 18.0 Å². The third kappa shape index (κ3) is 1.88. The Kier molecular flexibility index (Phi) is 2.31. The van der Waals surface area contributed by atoms with Crippen LogP contribution in [0.5, 0.6) is 0 Å². The molecule has 2 heterocycles. The SMILES string of the molecule is Fc1cnc(N2CCC(Cl)C2)nc1. The molecular weight excluding hydrogens is 193 g/mol. The normalized spacial score (nSPS) is 22.3. The van der Waals surface area contributed by atoms with Gasteiger partial charge in [0.25, 0.3) is 0 Å². The molecule has 0 radical (unpaired) electrons. The van der Waals surface area contributed by atoms with E-state index in [1.807, 2.05) is 4.90 Å². The fourth-order valence-electron chi connectivity index (χ4n) is 1.37. The van der Waals surface area contributed by atoms with Gasteiger partial charge < -0.3 is 4.90 Å². The van der Waals surface area contributed by atoms with Gasteiger partial charge in [0.2, 0.25) is 5.95 Å². The largest absolute Gasteiger partial charge is 0.339 e. The number of nitrogens with zero attached hydrogens (tertiary/aromatic N) is 3. The van der Waals surface area contributed by atoms with Crippen LogP contribution in [0.2, 0.25) is 0 Å². The highest BCUT2D eigenvalue weighted by molar-refractivity contribution is 6.21. The van der Waals surface area contributed by atoms with Crippen LogP contribution in [-0.2, 0) is 0 Å². The van der Waals surface area contributed by atoms with Gasteiger partial charge in [0, 0.05) is 13.1 Å². The Labute approximate surface area is 80.6 Å². The predicted octanol–water partition coefficient (Wildman–Crippen LogP) is 1.43. The molecule has 1 fully saturated rings. The summed E-state index contributed by atoms with van der Waals surface area (Å²) in [7, 11) is 0. The van der Waals surface area contributed by atoms with Gasteiger partial charge in [-0.3, -0.25) is 0 Å². The number of hydrogen-bond acceptors (Lipinski definition) is 3. The lowest BCUT2D eigenvalue weighted by Gasteiger charge is -2.13. The van der Waals surface area contributed by atoms with Gasteiger partial charge >= 0.3 is 0 Å². The molecule has 13 heavy (non-hydrogen) atoms. The van der Waals surface area contributed by atoms with Gasteiger partial charge in [0.15, 0.2) is 5.82 Å². The van der Waals surface area contributed by atoms with Crippen molar-refractivity contribution < 1.29 is 4.39 Å². The molecule has 1 unspecified atom stereocenters. The van der Waals surface area contributed by atoms with Crippen LogP contribution in [0.15, 0.2) is 12.4 Å². The minimum absolute atomic E-state index is 0.161. The Bertz CT molecular complexity index is 290. The Morgan fingerprint density at radius 2 is 2.15 bits per heavy atom. The molecule has 0 amide bonds. The summed E-state index contributed by atoms with van der Waals surface area (Å²) >= 11 is 5.92. The monoisotopic (exact) mass is 201 g/mol. The lowest BCUT2D eigenvalue weighted by atomic mass is 10.4. The van der Waals surface area contributed by atoms with E-state index < -0.39 is 5.82 Å². The van der Waals surface area contributed by atoms with Gasteiger partial charge in [-0.05, 0) is 6.42 Å². The lowest BCUT2D eigenvalue weighted by molar-refractivity contribution is 0.612. The standard InChI is InChI=1S/C8H9ClFN3/c9-6-1-2-13(5-6)8-11-3-7(10)4-12-8/h3-4,6H,1-2,5H2. The highest BCUT2D eigenvalue weighted by Crippen LogP contribution is 2.18. The molecule has 0 aliphatic carbocycles. The van der Waals surface area contributed by atoms with E-state index in [4.69, 9.17) is 11.6 Å². The van der Waals surface area contributed by atoms with Crippen LogP contribution in [0.4, 0.5) is 10.3 Å². The third-order valence-electron chi connectivity index (χ3n) is 2.02. The first-order valence-electron chi connectivity index (χ1n) is 4.12. The topological polar surface area (TPSA) is 29.0 Å². The van der Waals surface area contributed by atoms with Gasteiger partial charge in [-0.15, -0.1) is 11.6 Å². The maximum absolute atomic E-state index is 12.5. The molecule has 2 rings (SSSR count). The number of rotatable bonds is 1. The van der Waals surface area contributed by atoms with E-state index >= 15 is 0 Å². The summed E-state index contributed by atoms with van der Waals surface area (Å²) in [4.78, 5) is 9.71. The van der Waals surface area contributed by atoms with Crippen molar-refractivity contribution in [2.45, 2.75) is 11.8 Å². The Hall–Kier alpha value is -0.900. The second kappa shape index (κ2) is 3.46. The van der Waals surface area contributed by atoms with Crippen molar-refractivity contribution in [3.8, 4) is 0 Å². The Morgan fingerprint density at radius 3 is 2.69 bits per heavy atom. The maximum Gasteiger partial charge on any atom is 0.225 e. The molecular formula is C8H9ClFN3. The summed E-state index contributed by atoms with van der Waals surface area (Å²) in [5.74, 6) is 0.148. The number of anilines is 1. The molecule has 0 bridgehead atoms.